The van der Waals surface area contributed by atoms with Crippen LogP contribution in [-0.2, 0) is 0 Å². The third-order valence-corrected chi connectivity index (χ3v) is 2.65. The highest BCUT2D eigenvalue weighted by molar-refractivity contribution is 5.39. The van der Waals surface area contributed by atoms with Gasteiger partial charge in [0.15, 0.2) is 0 Å². The number of para-hydroxylation sites is 1. The minimum absolute atomic E-state index is 0.137. The van der Waals surface area contributed by atoms with Crippen LogP contribution in [0.3, 0.4) is 0 Å². The van der Waals surface area contributed by atoms with Crippen molar-refractivity contribution in [3.63, 3.8) is 0 Å². The van der Waals surface area contributed by atoms with Gasteiger partial charge in [-0.1, -0.05) is 18.2 Å². The van der Waals surface area contributed by atoms with Crippen LogP contribution in [0.25, 0.3) is 0 Å². The highest BCUT2D eigenvalue weighted by Crippen LogP contribution is 2.23. The van der Waals surface area contributed by atoms with Crippen LogP contribution in [-0.4, -0.2) is 18.2 Å². The van der Waals surface area contributed by atoms with Gasteiger partial charge in [0.2, 0.25) is 0 Å². The molecule has 0 aliphatic rings. The molecule has 1 unspecified atom stereocenters. The molecule has 2 nitrogen and oxygen atoms in total. The van der Waals surface area contributed by atoms with Gasteiger partial charge in [-0.25, -0.2) is 0 Å². The van der Waals surface area contributed by atoms with Crippen molar-refractivity contribution >= 4 is 0 Å². The van der Waals surface area contributed by atoms with Crippen LogP contribution >= 0.6 is 0 Å². The van der Waals surface area contributed by atoms with E-state index in [9.17, 15) is 0 Å². The maximum Gasteiger partial charge on any atom is 0.125 e. The topological polar surface area (TPSA) is 21.3 Å². The molecule has 0 saturated heterocycles. The van der Waals surface area contributed by atoms with Gasteiger partial charge in [0, 0.05) is 12.1 Å². The summed E-state index contributed by atoms with van der Waals surface area (Å²) in [7, 11) is 0. The van der Waals surface area contributed by atoms with Crippen molar-refractivity contribution in [1.82, 2.24) is 5.32 Å². The van der Waals surface area contributed by atoms with E-state index in [0.717, 1.165) is 12.3 Å². The number of hydrogen-bond donors (Lipinski definition) is 1. The van der Waals surface area contributed by atoms with Crippen LogP contribution in [0.1, 0.15) is 38.8 Å². The van der Waals surface area contributed by atoms with E-state index in [1.807, 2.05) is 0 Å². The largest absolute Gasteiger partial charge is 0.489 e. The summed E-state index contributed by atoms with van der Waals surface area (Å²) in [6.07, 6.45) is 0.175. The normalized spacial score (nSPS) is 13.5. The van der Waals surface area contributed by atoms with Gasteiger partial charge < -0.3 is 10.1 Å². The molecule has 0 aromatic heterocycles. The van der Waals surface area contributed by atoms with Gasteiger partial charge >= 0.3 is 0 Å². The molecule has 0 amide bonds. The standard InChI is InChI=1S/C15H25NO/c1-11-8-7-9-12(2)14(11)17-13(3)10-16-15(4,5)6/h7-9,13,16H,10H2,1-6H3. The minimum Gasteiger partial charge on any atom is -0.489 e. The zero-order chi connectivity index (χ0) is 13.1. The minimum atomic E-state index is 0.137. The summed E-state index contributed by atoms with van der Waals surface area (Å²) in [4.78, 5) is 0. The van der Waals surface area contributed by atoms with Crippen LogP contribution in [0.15, 0.2) is 18.2 Å². The van der Waals surface area contributed by atoms with E-state index >= 15 is 0 Å². The zero-order valence-electron chi connectivity index (χ0n) is 11.9. The molecule has 0 radical (unpaired) electrons. The van der Waals surface area contributed by atoms with Crippen LogP contribution in [0.2, 0.25) is 0 Å². The summed E-state index contributed by atoms with van der Waals surface area (Å²) in [5.74, 6) is 1.02. The Morgan fingerprint density at radius 3 is 2.18 bits per heavy atom. The van der Waals surface area contributed by atoms with Crippen LogP contribution in [0.5, 0.6) is 5.75 Å². The SMILES string of the molecule is Cc1cccc(C)c1OC(C)CNC(C)(C)C. The summed E-state index contributed by atoms with van der Waals surface area (Å²) >= 11 is 0. The molecule has 0 heterocycles. The third-order valence-electron chi connectivity index (χ3n) is 2.65. The highest BCUT2D eigenvalue weighted by atomic mass is 16.5. The quantitative estimate of drug-likeness (QED) is 0.863. The lowest BCUT2D eigenvalue weighted by molar-refractivity contribution is 0.201. The first-order valence-electron chi connectivity index (χ1n) is 6.27. The van der Waals surface area contributed by atoms with Gasteiger partial charge in [-0.05, 0) is 52.7 Å². The fourth-order valence-corrected chi connectivity index (χ4v) is 1.68. The van der Waals surface area contributed by atoms with Gasteiger partial charge in [0.1, 0.15) is 11.9 Å². The van der Waals surface area contributed by atoms with E-state index in [-0.39, 0.29) is 11.6 Å². The second kappa shape index (κ2) is 5.54. The number of aryl methyl sites for hydroxylation is 2. The average Bonchev–Trinajstić information content (AvgIpc) is 2.20. The van der Waals surface area contributed by atoms with Crippen molar-refractivity contribution in [3.8, 4) is 5.75 Å². The Hall–Kier alpha value is -1.02. The Bertz CT molecular complexity index is 345. The number of rotatable bonds is 4. The first-order valence-corrected chi connectivity index (χ1v) is 6.27. The van der Waals surface area contributed by atoms with E-state index in [0.29, 0.717) is 0 Å². The monoisotopic (exact) mass is 235 g/mol. The van der Waals surface area contributed by atoms with Gasteiger partial charge in [-0.2, -0.15) is 0 Å². The Morgan fingerprint density at radius 1 is 1.18 bits per heavy atom. The lowest BCUT2D eigenvalue weighted by atomic mass is 10.1. The first kappa shape index (κ1) is 14.0. The predicted molar refractivity (Wildman–Crippen MR) is 73.8 cm³/mol. The smallest absolute Gasteiger partial charge is 0.125 e. The van der Waals surface area contributed by atoms with Gasteiger partial charge in [-0.3, -0.25) is 0 Å². The van der Waals surface area contributed by atoms with Crippen molar-refractivity contribution in [2.24, 2.45) is 0 Å². The molecule has 96 valence electrons. The van der Waals surface area contributed by atoms with Crippen LogP contribution < -0.4 is 10.1 Å². The maximum absolute atomic E-state index is 6.01. The second-order valence-electron chi connectivity index (χ2n) is 5.78. The maximum atomic E-state index is 6.01. The molecule has 1 aromatic carbocycles. The zero-order valence-corrected chi connectivity index (χ0v) is 11.9. The van der Waals surface area contributed by atoms with E-state index in [2.05, 4.69) is 65.1 Å². The van der Waals surface area contributed by atoms with Crippen molar-refractivity contribution in [3.05, 3.63) is 29.3 Å². The molecular formula is C15H25NO. The van der Waals surface area contributed by atoms with Crippen molar-refractivity contribution in [2.45, 2.75) is 53.2 Å². The lowest BCUT2D eigenvalue weighted by Gasteiger charge is -2.25. The first-order chi connectivity index (χ1) is 7.79. The van der Waals surface area contributed by atoms with Gasteiger partial charge in [0.05, 0.1) is 0 Å². The molecule has 1 aromatic rings. The van der Waals surface area contributed by atoms with E-state index < -0.39 is 0 Å². The summed E-state index contributed by atoms with van der Waals surface area (Å²) in [6, 6.07) is 6.24. The number of benzene rings is 1. The third kappa shape index (κ3) is 4.78. The molecule has 0 fully saturated rings. The Balaban J connectivity index is 2.59. The second-order valence-corrected chi connectivity index (χ2v) is 5.78. The molecule has 0 saturated carbocycles. The van der Waals surface area contributed by atoms with E-state index in [1.165, 1.54) is 11.1 Å². The van der Waals surface area contributed by atoms with Crippen LogP contribution in [0.4, 0.5) is 0 Å². The van der Waals surface area contributed by atoms with Crippen molar-refractivity contribution in [2.75, 3.05) is 6.54 Å². The molecule has 2 heteroatoms. The lowest BCUT2D eigenvalue weighted by Crippen LogP contribution is -2.41. The summed E-state index contributed by atoms with van der Waals surface area (Å²) < 4.78 is 6.01. The summed E-state index contributed by atoms with van der Waals surface area (Å²) in [6.45, 7) is 13.6. The number of nitrogens with one attached hydrogen (secondary N) is 1. The predicted octanol–water partition coefficient (Wildman–Crippen LogP) is 3.46. The highest BCUT2D eigenvalue weighted by Gasteiger charge is 2.13. The number of ether oxygens (including phenoxy) is 1. The average molecular weight is 235 g/mol. The number of hydrogen-bond acceptors (Lipinski definition) is 2. The Labute approximate surface area is 105 Å². The van der Waals surface area contributed by atoms with E-state index in [1.54, 1.807) is 0 Å². The van der Waals surface area contributed by atoms with Gasteiger partial charge in [-0.15, -0.1) is 0 Å². The molecule has 0 aliphatic carbocycles. The van der Waals surface area contributed by atoms with Crippen molar-refractivity contribution in [1.29, 1.82) is 0 Å². The summed E-state index contributed by atoms with van der Waals surface area (Å²) in [5.41, 5.74) is 2.54. The molecule has 0 bridgehead atoms. The van der Waals surface area contributed by atoms with Crippen LogP contribution in [0, 0.1) is 13.8 Å². The Kier molecular flexibility index (Phi) is 4.58. The molecule has 1 N–H and O–H groups in total. The van der Waals surface area contributed by atoms with Crippen molar-refractivity contribution < 1.29 is 4.74 Å². The van der Waals surface area contributed by atoms with Gasteiger partial charge in [0.25, 0.3) is 0 Å². The Morgan fingerprint density at radius 2 is 1.71 bits per heavy atom. The molecule has 1 atom stereocenters. The van der Waals surface area contributed by atoms with E-state index in [4.69, 9.17) is 4.74 Å². The fourth-order valence-electron chi connectivity index (χ4n) is 1.68. The molecule has 1 rings (SSSR count). The molecular weight excluding hydrogens is 210 g/mol. The molecule has 17 heavy (non-hydrogen) atoms. The summed E-state index contributed by atoms with van der Waals surface area (Å²) in [5, 5.41) is 3.46. The molecule has 0 aliphatic heterocycles. The molecule has 0 spiro atoms. The fraction of sp³-hybridized carbons (Fsp3) is 0.600.